The summed E-state index contributed by atoms with van der Waals surface area (Å²) in [6, 6.07) is 0.208. The molecule has 2 aliphatic rings. The molecule has 0 aromatic heterocycles. The number of rotatable bonds is 3. The minimum atomic E-state index is -0.805. The van der Waals surface area contributed by atoms with Gasteiger partial charge in [0.25, 0.3) is 0 Å². The van der Waals surface area contributed by atoms with E-state index in [0.717, 1.165) is 32.2 Å². The van der Waals surface area contributed by atoms with Crippen molar-refractivity contribution >= 4 is 12.0 Å². The molecule has 114 valence electrons. The number of nitrogens with one attached hydrogen (secondary N) is 2. The summed E-state index contributed by atoms with van der Waals surface area (Å²) in [6.45, 7) is 3.14. The quantitative estimate of drug-likeness (QED) is 0.722. The van der Waals surface area contributed by atoms with Gasteiger partial charge in [-0.3, -0.25) is 4.79 Å². The molecular formula is C14H25N3O3. The highest BCUT2D eigenvalue weighted by atomic mass is 16.4. The maximum Gasteiger partial charge on any atom is 0.315 e. The molecule has 0 radical (unpaired) electrons. The fourth-order valence-corrected chi connectivity index (χ4v) is 3.24. The van der Waals surface area contributed by atoms with Crippen LogP contribution in [0.1, 0.15) is 39.0 Å². The summed E-state index contributed by atoms with van der Waals surface area (Å²) < 4.78 is 0. The Morgan fingerprint density at radius 3 is 2.60 bits per heavy atom. The highest BCUT2D eigenvalue weighted by Gasteiger charge is 2.34. The van der Waals surface area contributed by atoms with Crippen molar-refractivity contribution in [2.45, 2.75) is 57.2 Å². The zero-order valence-corrected chi connectivity index (χ0v) is 12.3. The summed E-state index contributed by atoms with van der Waals surface area (Å²) in [5.41, 5.74) is 0. The van der Waals surface area contributed by atoms with Gasteiger partial charge < -0.3 is 20.6 Å². The lowest BCUT2D eigenvalue weighted by Crippen LogP contribution is -2.52. The van der Waals surface area contributed by atoms with Gasteiger partial charge in [0, 0.05) is 24.7 Å². The Kier molecular flexibility index (Phi) is 4.86. The second kappa shape index (κ2) is 6.43. The number of amides is 2. The Balaban J connectivity index is 1.79. The van der Waals surface area contributed by atoms with Gasteiger partial charge in [0.15, 0.2) is 0 Å². The van der Waals surface area contributed by atoms with Crippen molar-refractivity contribution < 1.29 is 14.7 Å². The SMILES string of the molecule is CC1CC(NC(=O)NC2CCCC2C(=O)O)CCN1C. The predicted molar refractivity (Wildman–Crippen MR) is 75.5 cm³/mol. The van der Waals surface area contributed by atoms with Gasteiger partial charge in [-0.1, -0.05) is 6.42 Å². The van der Waals surface area contributed by atoms with E-state index in [-0.39, 0.29) is 18.1 Å². The minimum absolute atomic E-state index is 0.186. The number of carboxylic acid groups (broad SMARTS) is 1. The van der Waals surface area contributed by atoms with E-state index in [1.165, 1.54) is 0 Å². The molecule has 3 N–H and O–H groups in total. The fourth-order valence-electron chi connectivity index (χ4n) is 3.24. The van der Waals surface area contributed by atoms with Crippen LogP contribution in [-0.2, 0) is 4.79 Å². The first kappa shape index (κ1) is 15.1. The van der Waals surface area contributed by atoms with Crippen LogP contribution < -0.4 is 10.6 Å². The zero-order valence-electron chi connectivity index (χ0n) is 12.3. The number of urea groups is 1. The third-order valence-electron chi connectivity index (χ3n) is 4.69. The van der Waals surface area contributed by atoms with Crippen molar-refractivity contribution in [3.05, 3.63) is 0 Å². The van der Waals surface area contributed by atoms with Gasteiger partial charge in [0.2, 0.25) is 0 Å². The zero-order chi connectivity index (χ0) is 14.7. The predicted octanol–water partition coefficient (Wildman–Crippen LogP) is 1.02. The third-order valence-corrected chi connectivity index (χ3v) is 4.69. The molecule has 4 unspecified atom stereocenters. The molecule has 2 rings (SSSR count). The van der Waals surface area contributed by atoms with Gasteiger partial charge in [-0.25, -0.2) is 4.79 Å². The summed E-state index contributed by atoms with van der Waals surface area (Å²) in [4.78, 5) is 25.4. The molecule has 6 heteroatoms. The van der Waals surface area contributed by atoms with Gasteiger partial charge in [-0.2, -0.15) is 0 Å². The lowest BCUT2D eigenvalue weighted by molar-refractivity contribution is -0.142. The number of carbonyl (C=O) groups is 2. The molecule has 0 bridgehead atoms. The number of nitrogens with zero attached hydrogens (tertiary/aromatic N) is 1. The molecule has 1 saturated heterocycles. The van der Waals surface area contributed by atoms with Crippen LogP contribution in [0.4, 0.5) is 4.79 Å². The molecule has 1 aliphatic carbocycles. The van der Waals surface area contributed by atoms with Crippen LogP contribution >= 0.6 is 0 Å². The normalized spacial score (nSPS) is 34.7. The van der Waals surface area contributed by atoms with Crippen LogP contribution in [0, 0.1) is 5.92 Å². The van der Waals surface area contributed by atoms with E-state index in [2.05, 4.69) is 29.5 Å². The highest BCUT2D eigenvalue weighted by molar-refractivity contribution is 5.77. The lowest BCUT2D eigenvalue weighted by atomic mass is 9.99. The maximum atomic E-state index is 12.0. The second-order valence-corrected chi connectivity index (χ2v) is 6.15. The number of carboxylic acids is 1. The van der Waals surface area contributed by atoms with E-state index in [1.54, 1.807) is 0 Å². The van der Waals surface area contributed by atoms with Gasteiger partial charge in [-0.05, 0) is 39.7 Å². The molecule has 0 spiro atoms. The van der Waals surface area contributed by atoms with Gasteiger partial charge in [-0.15, -0.1) is 0 Å². The van der Waals surface area contributed by atoms with E-state index < -0.39 is 11.9 Å². The number of aliphatic carboxylic acids is 1. The Hall–Kier alpha value is -1.30. The van der Waals surface area contributed by atoms with Gasteiger partial charge >= 0.3 is 12.0 Å². The first-order valence-corrected chi connectivity index (χ1v) is 7.47. The minimum Gasteiger partial charge on any atom is -0.481 e. The first-order valence-electron chi connectivity index (χ1n) is 7.47. The molecule has 2 fully saturated rings. The Labute approximate surface area is 119 Å². The number of hydrogen-bond donors (Lipinski definition) is 3. The largest absolute Gasteiger partial charge is 0.481 e. The van der Waals surface area contributed by atoms with Crippen LogP contribution in [0.25, 0.3) is 0 Å². The van der Waals surface area contributed by atoms with E-state index in [9.17, 15) is 9.59 Å². The van der Waals surface area contributed by atoms with Crippen LogP contribution in [0.3, 0.4) is 0 Å². The Morgan fingerprint density at radius 1 is 1.20 bits per heavy atom. The van der Waals surface area contributed by atoms with Crippen molar-refractivity contribution in [3.8, 4) is 0 Å². The number of likely N-dealkylation sites (tertiary alicyclic amines) is 1. The van der Waals surface area contributed by atoms with Crippen molar-refractivity contribution in [3.63, 3.8) is 0 Å². The summed E-state index contributed by atoms with van der Waals surface area (Å²) in [7, 11) is 2.09. The summed E-state index contributed by atoms with van der Waals surface area (Å²) >= 11 is 0. The van der Waals surface area contributed by atoms with E-state index in [1.807, 2.05) is 0 Å². The number of piperidine rings is 1. The standard InChI is InChI=1S/C14H25N3O3/c1-9-8-10(6-7-17(9)2)15-14(20)16-12-5-3-4-11(12)13(18)19/h9-12H,3-8H2,1-2H3,(H,18,19)(H2,15,16,20). The first-order chi connectivity index (χ1) is 9.47. The van der Waals surface area contributed by atoms with Crippen LogP contribution in [0.15, 0.2) is 0 Å². The maximum absolute atomic E-state index is 12.0. The molecule has 20 heavy (non-hydrogen) atoms. The van der Waals surface area contributed by atoms with Crippen molar-refractivity contribution in [1.82, 2.24) is 15.5 Å². The number of hydrogen-bond acceptors (Lipinski definition) is 3. The van der Waals surface area contributed by atoms with E-state index in [4.69, 9.17) is 5.11 Å². The van der Waals surface area contributed by atoms with Crippen molar-refractivity contribution in [1.29, 1.82) is 0 Å². The Bertz CT molecular complexity index is 375. The molecule has 1 saturated carbocycles. The molecule has 6 nitrogen and oxygen atoms in total. The Morgan fingerprint density at radius 2 is 1.95 bits per heavy atom. The van der Waals surface area contributed by atoms with Gasteiger partial charge in [0.05, 0.1) is 5.92 Å². The topological polar surface area (TPSA) is 81.7 Å². The van der Waals surface area contributed by atoms with Gasteiger partial charge in [0.1, 0.15) is 0 Å². The average Bonchev–Trinajstić information content (AvgIpc) is 2.82. The van der Waals surface area contributed by atoms with Crippen LogP contribution in [-0.4, -0.2) is 53.7 Å². The molecule has 4 atom stereocenters. The smallest absolute Gasteiger partial charge is 0.315 e. The molecule has 1 heterocycles. The summed E-state index contributed by atoms with van der Waals surface area (Å²) in [5, 5.41) is 14.9. The molecule has 0 aromatic carbocycles. The lowest BCUT2D eigenvalue weighted by Gasteiger charge is -2.35. The monoisotopic (exact) mass is 283 g/mol. The van der Waals surface area contributed by atoms with Crippen molar-refractivity contribution in [2.24, 2.45) is 5.92 Å². The van der Waals surface area contributed by atoms with Crippen LogP contribution in [0.2, 0.25) is 0 Å². The highest BCUT2D eigenvalue weighted by Crippen LogP contribution is 2.25. The molecule has 2 amide bonds. The fraction of sp³-hybridized carbons (Fsp3) is 0.857. The number of carbonyl (C=O) groups excluding carboxylic acids is 1. The van der Waals surface area contributed by atoms with Crippen LogP contribution in [0.5, 0.6) is 0 Å². The summed E-state index contributed by atoms with van der Waals surface area (Å²) in [6.07, 6.45) is 4.17. The summed E-state index contributed by atoms with van der Waals surface area (Å²) in [5.74, 6) is -1.24. The second-order valence-electron chi connectivity index (χ2n) is 6.15. The van der Waals surface area contributed by atoms with E-state index in [0.29, 0.717) is 12.5 Å². The molecule has 0 aromatic rings. The third kappa shape index (κ3) is 3.62. The van der Waals surface area contributed by atoms with E-state index >= 15 is 0 Å². The average molecular weight is 283 g/mol. The molecular weight excluding hydrogens is 258 g/mol. The van der Waals surface area contributed by atoms with Crippen molar-refractivity contribution in [2.75, 3.05) is 13.6 Å². The molecule has 1 aliphatic heterocycles.